The van der Waals surface area contributed by atoms with E-state index in [2.05, 4.69) is 43.7 Å². The van der Waals surface area contributed by atoms with E-state index in [1.54, 1.807) is 0 Å². The zero-order valence-electron chi connectivity index (χ0n) is 9.85. The molecule has 0 bridgehead atoms. The van der Waals surface area contributed by atoms with Crippen LogP contribution in [-0.2, 0) is 15.4 Å². The van der Waals surface area contributed by atoms with E-state index >= 15 is 0 Å². The summed E-state index contributed by atoms with van der Waals surface area (Å²) in [6.07, 6.45) is 16.4. The Balaban J connectivity index is 2.09. The summed E-state index contributed by atoms with van der Waals surface area (Å²) in [5, 5.41) is 0. The smallest absolute Gasteiger partial charge is 0.141 e. The zero-order valence-corrected chi connectivity index (χ0v) is 10.7. The molecule has 2 heteroatoms. The van der Waals surface area contributed by atoms with Gasteiger partial charge in [0.1, 0.15) is 29.8 Å². The second kappa shape index (κ2) is 4.75. The summed E-state index contributed by atoms with van der Waals surface area (Å²) in [7, 11) is 0. The van der Waals surface area contributed by atoms with Gasteiger partial charge in [-0.3, -0.25) is 0 Å². The molecule has 84 valence electrons. The molecule has 2 rings (SSSR count). The van der Waals surface area contributed by atoms with E-state index < -0.39 is 0 Å². The Hall–Kier alpha value is -0.210. The van der Waals surface area contributed by atoms with Gasteiger partial charge in [-0.05, 0) is 18.3 Å². The summed E-state index contributed by atoms with van der Waals surface area (Å²) in [6.45, 7) is 2.30. The van der Waals surface area contributed by atoms with Crippen molar-refractivity contribution in [3.05, 3.63) is 24.3 Å². The molecule has 2 aliphatic rings. The maximum Gasteiger partial charge on any atom is 0.141 e. The van der Waals surface area contributed by atoms with Gasteiger partial charge in [-0.15, -0.1) is 0 Å². The average Bonchev–Trinajstić information content (AvgIpc) is 2.56. The number of allylic oxidation sites excluding steroid dienone is 3. The Morgan fingerprint density at radius 2 is 1.87 bits per heavy atom. The third-order valence-electron chi connectivity index (χ3n) is 3.57. The lowest BCUT2D eigenvalue weighted by Gasteiger charge is -2.21. The quantitative estimate of drug-likeness (QED) is 0.671. The molecule has 1 saturated carbocycles. The monoisotopic (exact) mass is 225 g/mol. The van der Waals surface area contributed by atoms with Crippen molar-refractivity contribution in [1.29, 1.82) is 0 Å². The number of fused-ring (bicyclic) bond motifs is 1. The van der Waals surface area contributed by atoms with Gasteiger partial charge >= 0.3 is 0 Å². The van der Waals surface area contributed by atoms with Gasteiger partial charge in [0.15, 0.2) is 0 Å². The van der Waals surface area contributed by atoms with Crippen LogP contribution in [0.4, 0.5) is 0 Å². The van der Waals surface area contributed by atoms with E-state index in [-0.39, 0.29) is 11.2 Å². The largest absolute Gasteiger partial charge is 0.171 e. The summed E-state index contributed by atoms with van der Waals surface area (Å²) in [5.74, 6) is 2.19. The highest BCUT2D eigenvalue weighted by Gasteiger charge is 2.43. The Morgan fingerprint density at radius 3 is 2.47 bits per heavy atom. The van der Waals surface area contributed by atoms with Crippen LogP contribution in [0.3, 0.4) is 0 Å². The molecule has 0 aromatic rings. The maximum absolute atomic E-state index is 6.06. The number of hydrogen-bond acceptors (Lipinski definition) is 1. The van der Waals surface area contributed by atoms with E-state index in [0.29, 0.717) is 12.0 Å². The molecule has 0 heterocycles. The Morgan fingerprint density at radius 1 is 1.20 bits per heavy atom. The molecule has 0 amide bonds. The van der Waals surface area contributed by atoms with Gasteiger partial charge in [-0.2, -0.15) is 4.18 Å². The fourth-order valence-corrected chi connectivity index (χ4v) is 3.59. The van der Waals surface area contributed by atoms with Crippen LogP contribution in [0.2, 0.25) is 0 Å². The third-order valence-corrected chi connectivity index (χ3v) is 4.20. The second-order valence-electron chi connectivity index (χ2n) is 4.70. The van der Waals surface area contributed by atoms with E-state index in [1.807, 2.05) is 0 Å². The molecule has 1 fully saturated rings. The first-order valence-electron chi connectivity index (χ1n) is 5.82. The molecule has 0 aromatic heterocycles. The summed E-state index contributed by atoms with van der Waals surface area (Å²) in [6, 6.07) is 0. The summed E-state index contributed by atoms with van der Waals surface area (Å²) in [5.41, 5.74) is 0. The van der Waals surface area contributed by atoms with Crippen LogP contribution < -0.4 is 0 Å². The van der Waals surface area contributed by atoms with E-state index in [4.69, 9.17) is 4.18 Å². The molecular formula is C13H21OS+. The van der Waals surface area contributed by atoms with Gasteiger partial charge in [-0.1, -0.05) is 37.6 Å². The lowest BCUT2D eigenvalue weighted by Crippen LogP contribution is -2.23. The first-order valence-corrected chi connectivity index (χ1v) is 7.78. The minimum Gasteiger partial charge on any atom is -0.171 e. The van der Waals surface area contributed by atoms with Gasteiger partial charge in [0.05, 0.1) is 0 Å². The van der Waals surface area contributed by atoms with Gasteiger partial charge in [0.2, 0.25) is 0 Å². The van der Waals surface area contributed by atoms with Crippen molar-refractivity contribution in [3.63, 3.8) is 0 Å². The molecule has 1 nitrogen and oxygen atoms in total. The Kier molecular flexibility index (Phi) is 3.57. The zero-order chi connectivity index (χ0) is 10.8. The molecule has 0 spiro atoms. The minimum atomic E-state index is 0.105. The first-order chi connectivity index (χ1) is 7.22. The summed E-state index contributed by atoms with van der Waals surface area (Å²) in [4.78, 5) is 0. The molecular weight excluding hydrogens is 204 g/mol. The fourth-order valence-electron chi connectivity index (χ4n) is 2.89. The van der Waals surface area contributed by atoms with Gasteiger partial charge in [-0.25, -0.2) is 0 Å². The average molecular weight is 225 g/mol. The van der Waals surface area contributed by atoms with Crippen LogP contribution in [-0.4, -0.2) is 18.6 Å². The van der Waals surface area contributed by atoms with Crippen molar-refractivity contribution in [2.24, 2.45) is 17.8 Å². The van der Waals surface area contributed by atoms with Crippen LogP contribution in [0.15, 0.2) is 24.3 Å². The van der Waals surface area contributed by atoms with Crippen molar-refractivity contribution in [3.8, 4) is 0 Å². The molecule has 0 N–H and O–H groups in total. The molecule has 4 unspecified atom stereocenters. The predicted molar refractivity (Wildman–Crippen MR) is 67.7 cm³/mol. The SMILES string of the molecule is CCC1CC(O[S+](C)C)C2C=CC=CC12. The molecule has 0 aromatic carbocycles. The van der Waals surface area contributed by atoms with Crippen molar-refractivity contribution >= 4 is 11.2 Å². The van der Waals surface area contributed by atoms with Crippen molar-refractivity contribution in [1.82, 2.24) is 0 Å². The molecule has 15 heavy (non-hydrogen) atoms. The second-order valence-corrected chi connectivity index (χ2v) is 6.38. The molecule has 4 atom stereocenters. The van der Waals surface area contributed by atoms with Crippen molar-refractivity contribution < 1.29 is 4.18 Å². The van der Waals surface area contributed by atoms with Crippen LogP contribution in [0, 0.1) is 17.8 Å². The highest BCUT2D eigenvalue weighted by Crippen LogP contribution is 2.44. The number of hydrogen-bond donors (Lipinski definition) is 0. The standard InChI is InChI=1S/C13H21OS/c1-4-10-9-13(14-15(2)3)12-8-6-5-7-11(10)12/h5-8,10-13H,4,9H2,1-3H3/q+1. The Labute approximate surface area is 96.1 Å². The molecule has 0 saturated heterocycles. The van der Waals surface area contributed by atoms with Crippen LogP contribution in [0.25, 0.3) is 0 Å². The lowest BCUT2D eigenvalue weighted by molar-refractivity contribution is 0.200. The molecule has 0 radical (unpaired) electrons. The van der Waals surface area contributed by atoms with Gasteiger partial charge in [0.25, 0.3) is 0 Å². The Bertz CT molecular complexity index is 270. The fraction of sp³-hybridized carbons (Fsp3) is 0.692. The van der Waals surface area contributed by atoms with E-state index in [0.717, 1.165) is 11.8 Å². The van der Waals surface area contributed by atoms with Crippen molar-refractivity contribution in [2.75, 3.05) is 12.5 Å². The van der Waals surface area contributed by atoms with E-state index in [1.165, 1.54) is 12.8 Å². The highest BCUT2D eigenvalue weighted by atomic mass is 32.2. The van der Waals surface area contributed by atoms with Crippen LogP contribution in [0.1, 0.15) is 19.8 Å². The highest BCUT2D eigenvalue weighted by molar-refractivity contribution is 7.90. The maximum atomic E-state index is 6.06. The third kappa shape index (κ3) is 2.31. The number of rotatable bonds is 3. The molecule has 0 aliphatic heterocycles. The van der Waals surface area contributed by atoms with Gasteiger partial charge < -0.3 is 0 Å². The van der Waals surface area contributed by atoms with Gasteiger partial charge in [0, 0.05) is 5.92 Å². The van der Waals surface area contributed by atoms with E-state index in [9.17, 15) is 0 Å². The topological polar surface area (TPSA) is 9.23 Å². The molecule has 2 aliphatic carbocycles. The van der Waals surface area contributed by atoms with Crippen molar-refractivity contribution in [2.45, 2.75) is 25.9 Å². The summed E-state index contributed by atoms with van der Waals surface area (Å²) >= 11 is 0.105. The predicted octanol–water partition coefficient (Wildman–Crippen LogP) is 2.95. The lowest BCUT2D eigenvalue weighted by atomic mass is 9.85. The first kappa shape index (κ1) is 11.3. The minimum absolute atomic E-state index is 0.105. The van der Waals surface area contributed by atoms with Crippen LogP contribution in [0.5, 0.6) is 0 Å². The normalized spacial score (nSPS) is 38.7. The summed E-state index contributed by atoms with van der Waals surface area (Å²) < 4.78 is 6.06. The van der Waals surface area contributed by atoms with Crippen LogP contribution >= 0.6 is 0 Å².